The lowest BCUT2D eigenvalue weighted by atomic mass is 9.75. The molecular formula is C30H38N8O2. The molecule has 1 saturated carbocycles. The maximum absolute atomic E-state index is 14.0. The van der Waals surface area contributed by atoms with Crippen LogP contribution < -0.4 is 10.2 Å². The van der Waals surface area contributed by atoms with Crippen molar-refractivity contribution in [1.29, 1.82) is 0 Å². The third-order valence-electron chi connectivity index (χ3n) is 8.92. The van der Waals surface area contributed by atoms with Crippen molar-refractivity contribution in [3.8, 4) is 0 Å². The average molecular weight is 543 g/mol. The highest BCUT2D eigenvalue weighted by Gasteiger charge is 2.43. The van der Waals surface area contributed by atoms with Gasteiger partial charge in [0.15, 0.2) is 0 Å². The molecule has 3 aromatic rings. The topological polar surface area (TPSA) is 101 Å². The molecule has 1 N–H and O–H groups in total. The van der Waals surface area contributed by atoms with Crippen molar-refractivity contribution < 1.29 is 9.53 Å². The molecule has 3 fully saturated rings. The molecule has 6 heterocycles. The molecule has 4 aliphatic rings. The zero-order valence-electron chi connectivity index (χ0n) is 23.5. The van der Waals surface area contributed by atoms with E-state index in [2.05, 4.69) is 45.5 Å². The number of nitrogens with zero attached hydrogens (tertiary/aromatic N) is 7. The molecule has 0 radical (unpaired) electrons. The van der Waals surface area contributed by atoms with Gasteiger partial charge in [-0.2, -0.15) is 0 Å². The molecule has 10 heteroatoms. The van der Waals surface area contributed by atoms with Crippen molar-refractivity contribution in [3.05, 3.63) is 58.4 Å². The Kier molecular flexibility index (Phi) is 6.54. The number of hydrogen-bond acceptors (Lipinski definition) is 8. The van der Waals surface area contributed by atoms with Gasteiger partial charge in [0.2, 0.25) is 0 Å². The van der Waals surface area contributed by atoms with Crippen LogP contribution in [0.25, 0.3) is 0 Å². The number of rotatable bonds is 9. The van der Waals surface area contributed by atoms with Gasteiger partial charge >= 0.3 is 0 Å². The highest BCUT2D eigenvalue weighted by molar-refractivity contribution is 6.10. The summed E-state index contributed by atoms with van der Waals surface area (Å²) in [6.07, 6.45) is 8.55. The Morgan fingerprint density at radius 3 is 2.60 bits per heavy atom. The molecule has 10 nitrogen and oxygen atoms in total. The van der Waals surface area contributed by atoms with E-state index >= 15 is 0 Å². The number of fused-ring (bicyclic) bond motifs is 1. The largest absolute Gasteiger partial charge is 0.379 e. The zero-order valence-corrected chi connectivity index (χ0v) is 23.5. The Hall–Kier alpha value is -3.37. The Balaban J connectivity index is 1.23. The quantitative estimate of drug-likeness (QED) is 0.438. The van der Waals surface area contributed by atoms with Crippen molar-refractivity contribution in [2.24, 2.45) is 7.05 Å². The van der Waals surface area contributed by atoms with Crippen LogP contribution in [0.4, 0.5) is 11.6 Å². The van der Waals surface area contributed by atoms with Gasteiger partial charge in [-0.1, -0.05) is 6.42 Å². The number of anilines is 2. The van der Waals surface area contributed by atoms with E-state index in [0.717, 1.165) is 78.7 Å². The second kappa shape index (κ2) is 10.2. The lowest BCUT2D eigenvalue weighted by molar-refractivity contribution is -0.0611. The second-order valence-corrected chi connectivity index (χ2v) is 12.0. The zero-order chi connectivity index (χ0) is 27.3. The summed E-state index contributed by atoms with van der Waals surface area (Å²) in [7, 11) is 1.97. The smallest absolute Gasteiger partial charge is 0.260 e. The van der Waals surface area contributed by atoms with Gasteiger partial charge in [0, 0.05) is 54.7 Å². The summed E-state index contributed by atoms with van der Waals surface area (Å²) >= 11 is 0. The van der Waals surface area contributed by atoms with Gasteiger partial charge in [0.25, 0.3) is 5.91 Å². The van der Waals surface area contributed by atoms with Gasteiger partial charge < -0.3 is 14.6 Å². The highest BCUT2D eigenvalue weighted by atomic mass is 16.5. The van der Waals surface area contributed by atoms with Gasteiger partial charge in [-0.05, 0) is 69.5 Å². The van der Waals surface area contributed by atoms with Crippen molar-refractivity contribution in [2.45, 2.75) is 69.9 Å². The second-order valence-electron chi connectivity index (χ2n) is 12.0. The maximum Gasteiger partial charge on any atom is 0.260 e. The van der Waals surface area contributed by atoms with Gasteiger partial charge in [-0.15, -0.1) is 10.2 Å². The van der Waals surface area contributed by atoms with Crippen LogP contribution in [-0.2, 0) is 36.7 Å². The summed E-state index contributed by atoms with van der Waals surface area (Å²) in [6, 6.07) is 6.25. The standard InChI is InChI=1S/C30H38N8O2/c1-3-31-25-11-21(30(17-40-18-30)14-27-35-32-19-36(27)2)12-26(34-25)38-16-24-23(29(38)39)13-22(33-28(24)20-7-8-20)15-37-9-5-4-6-10-37/h11-13,19-20H,3-10,14-18H2,1-2H3,(H,31,34). The monoisotopic (exact) mass is 542 g/mol. The third-order valence-corrected chi connectivity index (χ3v) is 8.92. The summed E-state index contributed by atoms with van der Waals surface area (Å²) in [5, 5.41) is 11.8. The highest BCUT2D eigenvalue weighted by Crippen LogP contribution is 2.45. The minimum absolute atomic E-state index is 0.0264. The van der Waals surface area contributed by atoms with E-state index in [-0.39, 0.29) is 11.3 Å². The fraction of sp³-hybridized carbons (Fsp3) is 0.567. The summed E-state index contributed by atoms with van der Waals surface area (Å²) in [6.45, 7) is 7.56. The first-order valence-electron chi connectivity index (χ1n) is 14.8. The fourth-order valence-electron chi connectivity index (χ4n) is 6.41. The molecule has 1 aliphatic carbocycles. The summed E-state index contributed by atoms with van der Waals surface area (Å²) in [5.41, 5.74) is 4.94. The number of nitrogens with one attached hydrogen (secondary N) is 1. The predicted octanol–water partition coefficient (Wildman–Crippen LogP) is 3.57. The number of ether oxygens (including phenoxy) is 1. The van der Waals surface area contributed by atoms with Gasteiger partial charge in [0.1, 0.15) is 23.8 Å². The molecule has 0 spiro atoms. The number of pyridine rings is 2. The predicted molar refractivity (Wildman–Crippen MR) is 151 cm³/mol. The van der Waals surface area contributed by atoms with E-state index in [1.54, 1.807) is 6.33 Å². The third kappa shape index (κ3) is 4.66. The van der Waals surface area contributed by atoms with Crippen LogP contribution in [0.1, 0.15) is 83.6 Å². The van der Waals surface area contributed by atoms with Crippen molar-refractivity contribution in [2.75, 3.05) is 43.1 Å². The number of carbonyl (C=O) groups excluding carboxylic acids is 1. The molecule has 210 valence electrons. The molecule has 40 heavy (non-hydrogen) atoms. The van der Waals surface area contributed by atoms with E-state index in [9.17, 15) is 4.79 Å². The van der Waals surface area contributed by atoms with Crippen LogP contribution in [-0.4, -0.2) is 68.4 Å². The first-order valence-corrected chi connectivity index (χ1v) is 14.8. The molecule has 7 rings (SSSR count). The molecule has 0 atom stereocenters. The first kappa shape index (κ1) is 25.6. The molecule has 0 unspecified atom stereocenters. The van der Waals surface area contributed by atoms with E-state index in [1.807, 2.05) is 16.5 Å². The lowest BCUT2D eigenvalue weighted by Gasteiger charge is -2.42. The average Bonchev–Trinajstić information content (AvgIpc) is 3.63. The van der Waals surface area contributed by atoms with Gasteiger partial charge in [-0.25, -0.2) is 4.98 Å². The minimum Gasteiger partial charge on any atom is -0.379 e. The molecule has 3 aromatic heterocycles. The number of likely N-dealkylation sites (tertiary alicyclic amines) is 1. The van der Waals surface area contributed by atoms with E-state index in [1.165, 1.54) is 19.3 Å². The Bertz CT molecular complexity index is 1420. The molecule has 0 bridgehead atoms. The summed E-state index contributed by atoms with van der Waals surface area (Å²) < 4.78 is 7.71. The molecular weight excluding hydrogens is 504 g/mol. The molecule has 1 amide bonds. The van der Waals surface area contributed by atoms with Crippen LogP contribution in [0, 0.1) is 0 Å². The minimum atomic E-state index is -0.235. The van der Waals surface area contributed by atoms with E-state index in [4.69, 9.17) is 14.7 Å². The van der Waals surface area contributed by atoms with E-state index in [0.29, 0.717) is 37.9 Å². The number of hydrogen-bond donors (Lipinski definition) is 1. The van der Waals surface area contributed by atoms with Gasteiger partial charge in [-0.3, -0.25) is 19.6 Å². The van der Waals surface area contributed by atoms with Crippen molar-refractivity contribution in [3.63, 3.8) is 0 Å². The number of carbonyl (C=O) groups is 1. The Labute approximate surface area is 235 Å². The van der Waals surface area contributed by atoms with Crippen molar-refractivity contribution in [1.82, 2.24) is 29.6 Å². The number of amides is 1. The van der Waals surface area contributed by atoms with Crippen molar-refractivity contribution >= 4 is 17.5 Å². The van der Waals surface area contributed by atoms with Crippen LogP contribution in [0.3, 0.4) is 0 Å². The SMILES string of the molecule is CCNc1cc(C2(Cc3nncn3C)COC2)cc(N2Cc3c(cc(CN4CCCCC4)nc3C3CC3)C2=O)n1. The van der Waals surface area contributed by atoms with Crippen LogP contribution >= 0.6 is 0 Å². The number of aryl methyl sites for hydroxylation is 1. The normalized spacial score (nSPS) is 20.4. The van der Waals surface area contributed by atoms with Crippen LogP contribution in [0.2, 0.25) is 0 Å². The maximum atomic E-state index is 14.0. The molecule has 0 aromatic carbocycles. The first-order chi connectivity index (χ1) is 19.5. The van der Waals surface area contributed by atoms with Crippen LogP contribution in [0.5, 0.6) is 0 Å². The summed E-state index contributed by atoms with van der Waals surface area (Å²) in [5.74, 6) is 2.87. The van der Waals surface area contributed by atoms with E-state index < -0.39 is 0 Å². The fourth-order valence-corrected chi connectivity index (χ4v) is 6.41. The van der Waals surface area contributed by atoms with Gasteiger partial charge in [0.05, 0.1) is 25.5 Å². The number of piperidine rings is 1. The Morgan fingerprint density at radius 1 is 1.10 bits per heavy atom. The Morgan fingerprint density at radius 2 is 1.93 bits per heavy atom. The molecule has 2 saturated heterocycles. The number of aromatic nitrogens is 5. The molecule has 3 aliphatic heterocycles. The van der Waals surface area contributed by atoms with Crippen LogP contribution in [0.15, 0.2) is 24.5 Å². The lowest BCUT2D eigenvalue weighted by Crippen LogP contribution is -2.49. The summed E-state index contributed by atoms with van der Waals surface area (Å²) in [4.78, 5) is 28.4.